The van der Waals surface area contributed by atoms with Gasteiger partial charge in [-0.1, -0.05) is 0 Å². The van der Waals surface area contributed by atoms with E-state index < -0.39 is 6.17 Å². The third kappa shape index (κ3) is 2.04. The molecule has 84 valence electrons. The van der Waals surface area contributed by atoms with Gasteiger partial charge in [0.25, 0.3) is 0 Å². The van der Waals surface area contributed by atoms with Gasteiger partial charge >= 0.3 is 0 Å². The number of aryl methyl sites for hydroxylation is 2. The maximum atomic E-state index is 13.9. The van der Waals surface area contributed by atoms with Crippen LogP contribution in [0.3, 0.4) is 0 Å². The van der Waals surface area contributed by atoms with Gasteiger partial charge in [-0.25, -0.2) is 4.39 Å². The Hall–Kier alpha value is -0.900. The Labute approximate surface area is 89.9 Å². The monoisotopic (exact) mass is 211 g/mol. The van der Waals surface area contributed by atoms with Gasteiger partial charge in [-0.3, -0.25) is 4.68 Å². The topological polar surface area (TPSA) is 21.1 Å². The van der Waals surface area contributed by atoms with E-state index in [9.17, 15) is 4.39 Å². The molecular formula is C11H18FN3. The van der Waals surface area contributed by atoms with Gasteiger partial charge in [0.1, 0.15) is 6.17 Å². The summed E-state index contributed by atoms with van der Waals surface area (Å²) in [4.78, 5) is 2.03. The molecule has 2 heterocycles. The first kappa shape index (κ1) is 10.6. The van der Waals surface area contributed by atoms with Crippen molar-refractivity contribution in [2.24, 2.45) is 0 Å². The van der Waals surface area contributed by atoms with Crippen LogP contribution in [-0.4, -0.2) is 41.0 Å². The van der Waals surface area contributed by atoms with Crippen molar-refractivity contribution in [3.63, 3.8) is 0 Å². The van der Waals surface area contributed by atoms with Crippen molar-refractivity contribution in [2.45, 2.75) is 32.5 Å². The highest BCUT2D eigenvalue weighted by molar-refractivity contribution is 5.08. The molecule has 1 aromatic heterocycles. The van der Waals surface area contributed by atoms with Gasteiger partial charge in [-0.05, 0) is 33.4 Å². The lowest BCUT2D eigenvalue weighted by molar-refractivity contribution is 0.0992. The molecule has 0 aliphatic carbocycles. The second-order valence-corrected chi connectivity index (χ2v) is 4.51. The second-order valence-electron chi connectivity index (χ2n) is 4.51. The zero-order valence-electron chi connectivity index (χ0n) is 9.57. The van der Waals surface area contributed by atoms with Crippen LogP contribution in [0.1, 0.15) is 23.9 Å². The van der Waals surface area contributed by atoms with Crippen molar-refractivity contribution in [1.29, 1.82) is 0 Å². The molecule has 2 atom stereocenters. The summed E-state index contributed by atoms with van der Waals surface area (Å²) in [7, 11) is 1.96. The Morgan fingerprint density at radius 2 is 2.20 bits per heavy atom. The van der Waals surface area contributed by atoms with Crippen molar-refractivity contribution in [2.75, 3.05) is 20.1 Å². The number of rotatable bonds is 1. The minimum atomic E-state index is -0.804. The zero-order chi connectivity index (χ0) is 11.0. The Morgan fingerprint density at radius 3 is 2.73 bits per heavy atom. The number of alkyl halides is 1. The van der Waals surface area contributed by atoms with E-state index in [0.29, 0.717) is 6.54 Å². The fraction of sp³-hybridized carbons (Fsp3) is 0.727. The predicted octanol–water partition coefficient (Wildman–Crippen LogP) is 1.71. The minimum Gasteiger partial charge on any atom is -0.303 e. The number of aromatic nitrogens is 2. The molecular weight excluding hydrogens is 193 g/mol. The summed E-state index contributed by atoms with van der Waals surface area (Å²) in [6, 6.07) is 1.93. The van der Waals surface area contributed by atoms with Crippen molar-refractivity contribution in [1.82, 2.24) is 14.7 Å². The number of hydrogen-bond acceptors (Lipinski definition) is 2. The SMILES string of the molecule is Cc1cc(C)n(C2CCN(C)CC2F)n1. The van der Waals surface area contributed by atoms with Crippen molar-refractivity contribution in [3.05, 3.63) is 17.5 Å². The summed E-state index contributed by atoms with van der Waals surface area (Å²) in [6.45, 7) is 5.41. The molecule has 0 amide bonds. The molecule has 0 aromatic carbocycles. The molecule has 2 unspecified atom stereocenters. The summed E-state index contributed by atoms with van der Waals surface area (Å²) in [5.41, 5.74) is 2.03. The Morgan fingerprint density at radius 1 is 1.47 bits per heavy atom. The number of hydrogen-bond donors (Lipinski definition) is 0. The highest BCUT2D eigenvalue weighted by Gasteiger charge is 2.30. The van der Waals surface area contributed by atoms with Crippen molar-refractivity contribution in [3.8, 4) is 0 Å². The Balaban J connectivity index is 2.20. The first-order chi connectivity index (χ1) is 7.08. The molecule has 1 saturated heterocycles. The van der Waals surface area contributed by atoms with Gasteiger partial charge in [-0.15, -0.1) is 0 Å². The van der Waals surface area contributed by atoms with Gasteiger partial charge < -0.3 is 4.90 Å². The van der Waals surface area contributed by atoms with Crippen LogP contribution in [0.2, 0.25) is 0 Å². The second kappa shape index (κ2) is 3.93. The summed E-state index contributed by atoms with van der Waals surface area (Å²) >= 11 is 0. The summed E-state index contributed by atoms with van der Waals surface area (Å²) < 4.78 is 15.7. The quantitative estimate of drug-likeness (QED) is 0.705. The maximum absolute atomic E-state index is 13.9. The summed E-state index contributed by atoms with van der Waals surface area (Å²) in [5.74, 6) is 0. The third-order valence-electron chi connectivity index (χ3n) is 3.07. The van der Waals surface area contributed by atoms with Crippen LogP contribution in [0.25, 0.3) is 0 Å². The molecule has 3 nitrogen and oxygen atoms in total. The van der Waals surface area contributed by atoms with Crippen LogP contribution in [-0.2, 0) is 0 Å². The standard InChI is InChI=1S/C11H18FN3/c1-8-6-9(2)15(13-8)11-4-5-14(3)7-10(11)12/h6,10-11H,4-5,7H2,1-3H3. The molecule has 4 heteroatoms. The fourth-order valence-electron chi connectivity index (χ4n) is 2.30. The highest BCUT2D eigenvalue weighted by Crippen LogP contribution is 2.25. The molecule has 1 aliphatic rings. The van der Waals surface area contributed by atoms with Crippen LogP contribution >= 0.6 is 0 Å². The molecule has 0 spiro atoms. The van der Waals surface area contributed by atoms with E-state index in [1.54, 1.807) is 0 Å². The average Bonchev–Trinajstić information content (AvgIpc) is 2.45. The maximum Gasteiger partial charge on any atom is 0.135 e. The van der Waals surface area contributed by atoms with E-state index in [4.69, 9.17) is 0 Å². The Kier molecular flexibility index (Phi) is 2.78. The van der Waals surface area contributed by atoms with E-state index in [0.717, 1.165) is 24.4 Å². The highest BCUT2D eigenvalue weighted by atomic mass is 19.1. The van der Waals surface area contributed by atoms with Gasteiger partial charge in [-0.2, -0.15) is 5.10 Å². The lowest BCUT2D eigenvalue weighted by Crippen LogP contribution is -2.41. The minimum absolute atomic E-state index is 0.0742. The summed E-state index contributed by atoms with van der Waals surface area (Å²) in [5, 5.41) is 4.37. The van der Waals surface area contributed by atoms with Gasteiger partial charge in [0.15, 0.2) is 0 Å². The van der Waals surface area contributed by atoms with Crippen LogP contribution in [0, 0.1) is 13.8 Å². The first-order valence-corrected chi connectivity index (χ1v) is 5.43. The van der Waals surface area contributed by atoms with Crippen LogP contribution in [0.4, 0.5) is 4.39 Å². The normalized spacial score (nSPS) is 28.3. The van der Waals surface area contributed by atoms with E-state index in [1.165, 1.54) is 0 Å². The fourth-order valence-corrected chi connectivity index (χ4v) is 2.30. The van der Waals surface area contributed by atoms with Gasteiger partial charge in [0.05, 0.1) is 11.7 Å². The predicted molar refractivity (Wildman–Crippen MR) is 57.7 cm³/mol. The van der Waals surface area contributed by atoms with Crippen molar-refractivity contribution < 1.29 is 4.39 Å². The van der Waals surface area contributed by atoms with Gasteiger partial charge in [0.2, 0.25) is 0 Å². The average molecular weight is 211 g/mol. The first-order valence-electron chi connectivity index (χ1n) is 5.43. The largest absolute Gasteiger partial charge is 0.303 e. The molecule has 1 aliphatic heterocycles. The van der Waals surface area contributed by atoms with E-state index in [1.807, 2.05) is 36.5 Å². The van der Waals surface area contributed by atoms with Crippen molar-refractivity contribution >= 4 is 0 Å². The number of likely N-dealkylation sites (tertiary alicyclic amines) is 1. The molecule has 0 radical (unpaired) electrons. The van der Waals surface area contributed by atoms with E-state index in [-0.39, 0.29) is 6.04 Å². The van der Waals surface area contributed by atoms with Crippen LogP contribution in [0.15, 0.2) is 6.07 Å². The smallest absolute Gasteiger partial charge is 0.135 e. The lowest BCUT2D eigenvalue weighted by Gasteiger charge is -2.32. The third-order valence-corrected chi connectivity index (χ3v) is 3.07. The molecule has 15 heavy (non-hydrogen) atoms. The van der Waals surface area contributed by atoms with E-state index in [2.05, 4.69) is 5.10 Å². The number of piperidine rings is 1. The van der Waals surface area contributed by atoms with Crippen LogP contribution < -0.4 is 0 Å². The zero-order valence-corrected chi connectivity index (χ0v) is 9.57. The molecule has 2 rings (SSSR count). The van der Waals surface area contributed by atoms with Crippen LogP contribution in [0.5, 0.6) is 0 Å². The molecule has 0 N–H and O–H groups in total. The molecule has 1 fully saturated rings. The van der Waals surface area contributed by atoms with Gasteiger partial charge in [0, 0.05) is 18.8 Å². The summed E-state index contributed by atoms with van der Waals surface area (Å²) in [6.07, 6.45) is 0.0429. The molecule has 0 bridgehead atoms. The molecule has 1 aromatic rings. The number of halogens is 1. The van der Waals surface area contributed by atoms with E-state index >= 15 is 0 Å². The Bertz CT molecular complexity index is 348. The molecule has 0 saturated carbocycles. The lowest BCUT2D eigenvalue weighted by atomic mass is 10.0. The number of nitrogens with zero attached hydrogens (tertiary/aromatic N) is 3.